The summed E-state index contributed by atoms with van der Waals surface area (Å²) in [5.74, 6) is -3.68. The van der Waals surface area contributed by atoms with Gasteiger partial charge in [0.05, 0.1) is 19.0 Å². The number of carboxylic acid groups (broad SMARTS) is 1. The topological polar surface area (TPSA) is 130 Å². The number of fused-ring (bicyclic) bond motifs is 1. The van der Waals surface area contributed by atoms with Crippen LogP contribution in [0.1, 0.15) is 63.1 Å². The van der Waals surface area contributed by atoms with E-state index in [1.165, 1.54) is 0 Å². The van der Waals surface area contributed by atoms with Gasteiger partial charge in [-0.2, -0.15) is 0 Å². The Hall–Kier alpha value is -5.11. The number of carbonyl (C=O) groups excluding carboxylic acids is 4. The first-order chi connectivity index (χ1) is 23.9. The van der Waals surface area contributed by atoms with Gasteiger partial charge >= 0.3 is 5.97 Å². The Bertz CT molecular complexity index is 1760. The van der Waals surface area contributed by atoms with E-state index in [9.17, 15) is 24.0 Å². The molecule has 8 nitrogen and oxygen atoms in total. The van der Waals surface area contributed by atoms with Crippen LogP contribution in [-0.2, 0) is 43.2 Å². The van der Waals surface area contributed by atoms with Crippen molar-refractivity contribution in [1.82, 2.24) is 10.6 Å². The second-order valence-electron chi connectivity index (χ2n) is 14.3. The van der Waals surface area contributed by atoms with E-state index in [4.69, 9.17) is 5.11 Å². The number of benzene rings is 4. The Morgan fingerprint density at radius 2 is 1.22 bits per heavy atom. The minimum Gasteiger partial charge on any atom is -0.481 e. The number of carbonyl (C=O) groups is 5. The zero-order valence-corrected chi connectivity index (χ0v) is 29.2. The summed E-state index contributed by atoms with van der Waals surface area (Å²) in [4.78, 5) is 65.2. The third-order valence-corrected chi connectivity index (χ3v) is 8.73. The first kappa shape index (κ1) is 37.7. The van der Waals surface area contributed by atoms with Gasteiger partial charge in [0.15, 0.2) is 11.6 Å². The van der Waals surface area contributed by atoms with E-state index in [1.807, 2.05) is 103 Å². The van der Waals surface area contributed by atoms with Crippen LogP contribution in [0.4, 0.5) is 0 Å². The van der Waals surface area contributed by atoms with E-state index in [0.29, 0.717) is 12.8 Å². The minimum absolute atomic E-state index is 0.138. The number of hydrogen-bond donors (Lipinski definition) is 3. The van der Waals surface area contributed by atoms with Gasteiger partial charge in [-0.3, -0.25) is 24.0 Å². The minimum atomic E-state index is -1.09. The fourth-order valence-corrected chi connectivity index (χ4v) is 6.24. The highest BCUT2D eigenvalue weighted by atomic mass is 16.4. The second-order valence-corrected chi connectivity index (χ2v) is 14.3. The van der Waals surface area contributed by atoms with Crippen molar-refractivity contribution in [2.75, 3.05) is 6.54 Å². The van der Waals surface area contributed by atoms with Crippen molar-refractivity contribution < 1.29 is 29.1 Å². The lowest BCUT2D eigenvalue weighted by Gasteiger charge is -2.28. The standard InChI is InChI=1S/C42H48N2O6/c1-42(2,3)27-35(22-29-12-6-4-7-13-29)41(50)44-37(25-30-14-8-5-9-15-30)38(46)26-34(40(49)43-28-36(45)20-21-39(47)48)24-31-18-19-32-16-10-11-17-33(32)23-31/h4-19,23,34-35,37H,20-22,24-28H2,1-3H3,(H,43,49)(H,44,50)(H,47,48)/t34-,35-,37+/m0/s1. The van der Waals surface area contributed by atoms with Gasteiger partial charge in [-0.1, -0.05) is 124 Å². The molecule has 3 N–H and O–H groups in total. The van der Waals surface area contributed by atoms with Crippen LogP contribution < -0.4 is 10.6 Å². The Balaban J connectivity index is 1.59. The average molecular weight is 677 g/mol. The van der Waals surface area contributed by atoms with Gasteiger partial charge in [-0.25, -0.2) is 0 Å². The van der Waals surface area contributed by atoms with E-state index in [1.54, 1.807) is 0 Å². The van der Waals surface area contributed by atoms with Gasteiger partial charge in [-0.15, -0.1) is 0 Å². The van der Waals surface area contributed by atoms with Crippen molar-refractivity contribution in [3.63, 3.8) is 0 Å². The van der Waals surface area contributed by atoms with Crippen molar-refractivity contribution in [2.45, 2.75) is 71.8 Å². The van der Waals surface area contributed by atoms with Gasteiger partial charge in [0.1, 0.15) is 0 Å². The van der Waals surface area contributed by atoms with Crippen molar-refractivity contribution in [1.29, 1.82) is 0 Å². The molecule has 262 valence electrons. The zero-order valence-electron chi connectivity index (χ0n) is 29.2. The summed E-state index contributed by atoms with van der Waals surface area (Å²) in [7, 11) is 0. The lowest BCUT2D eigenvalue weighted by molar-refractivity contribution is -0.138. The Labute approximate surface area is 294 Å². The highest BCUT2D eigenvalue weighted by Crippen LogP contribution is 2.28. The molecule has 4 aromatic carbocycles. The van der Waals surface area contributed by atoms with E-state index in [0.717, 1.165) is 27.5 Å². The van der Waals surface area contributed by atoms with E-state index in [2.05, 4.69) is 31.4 Å². The molecule has 0 unspecified atom stereocenters. The summed E-state index contributed by atoms with van der Waals surface area (Å²) in [5.41, 5.74) is 2.63. The number of Topliss-reactive ketones (excluding diaryl/α,β-unsaturated/α-hetero) is 2. The van der Waals surface area contributed by atoms with Crippen LogP contribution >= 0.6 is 0 Å². The Kier molecular flexibility index (Phi) is 13.6. The van der Waals surface area contributed by atoms with Crippen LogP contribution in [0, 0.1) is 17.3 Å². The number of rotatable bonds is 18. The maximum Gasteiger partial charge on any atom is 0.303 e. The number of ketones is 2. The van der Waals surface area contributed by atoms with Gasteiger partial charge in [0.25, 0.3) is 0 Å². The molecule has 50 heavy (non-hydrogen) atoms. The fraction of sp³-hybridized carbons (Fsp3) is 0.357. The molecular formula is C42H48N2O6. The number of nitrogens with one attached hydrogen (secondary N) is 2. The summed E-state index contributed by atoms with van der Waals surface area (Å²) in [6.45, 7) is 5.94. The smallest absolute Gasteiger partial charge is 0.303 e. The average Bonchev–Trinajstić information content (AvgIpc) is 3.09. The predicted molar refractivity (Wildman–Crippen MR) is 195 cm³/mol. The third-order valence-electron chi connectivity index (χ3n) is 8.73. The molecule has 0 radical (unpaired) electrons. The third kappa shape index (κ3) is 12.4. The van der Waals surface area contributed by atoms with Gasteiger partial charge in [0, 0.05) is 24.7 Å². The molecule has 2 amide bonds. The predicted octanol–water partition coefficient (Wildman–Crippen LogP) is 6.53. The molecule has 0 aliphatic rings. The van der Waals surface area contributed by atoms with Crippen LogP contribution in [-0.4, -0.2) is 47.0 Å². The summed E-state index contributed by atoms with van der Waals surface area (Å²) < 4.78 is 0. The quantitative estimate of drug-likeness (QED) is 0.110. The van der Waals surface area contributed by atoms with Crippen LogP contribution in [0.25, 0.3) is 10.8 Å². The number of hydrogen-bond acceptors (Lipinski definition) is 5. The molecule has 3 atom stereocenters. The molecule has 0 aliphatic carbocycles. The van der Waals surface area contributed by atoms with Crippen molar-refractivity contribution >= 4 is 40.1 Å². The molecule has 0 aliphatic heterocycles. The van der Waals surface area contributed by atoms with Crippen LogP contribution in [0.3, 0.4) is 0 Å². The Morgan fingerprint density at radius 3 is 1.84 bits per heavy atom. The van der Waals surface area contributed by atoms with E-state index < -0.39 is 29.6 Å². The van der Waals surface area contributed by atoms with Gasteiger partial charge < -0.3 is 15.7 Å². The molecule has 4 rings (SSSR count). The fourth-order valence-electron chi connectivity index (χ4n) is 6.24. The first-order valence-electron chi connectivity index (χ1n) is 17.3. The van der Waals surface area contributed by atoms with Gasteiger partial charge in [-0.05, 0) is 58.6 Å². The molecule has 0 bridgehead atoms. The maximum absolute atomic E-state index is 14.3. The first-order valence-corrected chi connectivity index (χ1v) is 17.3. The van der Waals surface area contributed by atoms with Crippen LogP contribution in [0.5, 0.6) is 0 Å². The van der Waals surface area contributed by atoms with Crippen LogP contribution in [0.15, 0.2) is 103 Å². The second kappa shape index (κ2) is 18.0. The number of aliphatic carboxylic acids is 1. The molecule has 0 heterocycles. The van der Waals surface area contributed by atoms with Crippen LogP contribution in [0.2, 0.25) is 0 Å². The molecule has 0 saturated carbocycles. The normalized spacial score (nSPS) is 13.2. The maximum atomic E-state index is 14.3. The monoisotopic (exact) mass is 676 g/mol. The summed E-state index contributed by atoms with van der Waals surface area (Å²) in [6.07, 6.45) is 0.947. The van der Waals surface area contributed by atoms with Crippen molar-refractivity contribution in [3.05, 3.63) is 120 Å². The zero-order chi connectivity index (χ0) is 36.1. The highest BCUT2D eigenvalue weighted by molar-refractivity contribution is 5.94. The highest BCUT2D eigenvalue weighted by Gasteiger charge is 2.32. The number of amides is 2. The van der Waals surface area contributed by atoms with Crippen molar-refractivity contribution in [2.24, 2.45) is 17.3 Å². The molecular weight excluding hydrogens is 628 g/mol. The molecule has 0 fully saturated rings. The Morgan fingerprint density at radius 1 is 0.640 bits per heavy atom. The van der Waals surface area contributed by atoms with Gasteiger partial charge in [0.2, 0.25) is 11.8 Å². The molecule has 8 heteroatoms. The largest absolute Gasteiger partial charge is 0.481 e. The molecule has 4 aromatic rings. The molecule has 0 saturated heterocycles. The summed E-state index contributed by atoms with van der Waals surface area (Å²) in [5, 5.41) is 16.7. The SMILES string of the molecule is CC(C)(C)C[C@H](Cc1ccccc1)C(=O)N[C@H](Cc1ccccc1)C(=O)C[C@H](Cc1ccc2ccccc2c1)C(=O)NCC(=O)CCC(=O)O. The summed E-state index contributed by atoms with van der Waals surface area (Å²) in [6, 6.07) is 32.2. The van der Waals surface area contributed by atoms with Crippen molar-refractivity contribution in [3.8, 4) is 0 Å². The molecule has 0 spiro atoms. The lowest BCUT2D eigenvalue weighted by atomic mass is 9.81. The summed E-state index contributed by atoms with van der Waals surface area (Å²) >= 11 is 0. The lowest BCUT2D eigenvalue weighted by Crippen LogP contribution is -2.47. The molecule has 0 aromatic heterocycles. The van der Waals surface area contributed by atoms with E-state index >= 15 is 0 Å². The van der Waals surface area contributed by atoms with E-state index in [-0.39, 0.29) is 61.7 Å². The number of carboxylic acids is 1.